The molecule has 2 rings (SSSR count). The first kappa shape index (κ1) is 18.2. The van der Waals surface area contributed by atoms with Gasteiger partial charge < -0.3 is 4.74 Å². The molecule has 2 amide bonds. The minimum Gasteiger partial charge on any atom is -0.479 e. The highest BCUT2D eigenvalue weighted by Gasteiger charge is 2.33. The van der Waals surface area contributed by atoms with Crippen LogP contribution in [-0.4, -0.2) is 38.4 Å². The number of carbonyl (C=O) groups excluding carboxylic acids is 2. The average Bonchev–Trinajstić information content (AvgIpc) is 2.40. The molecular weight excluding hydrogens is 334 g/mol. The van der Waals surface area contributed by atoms with Crippen molar-refractivity contribution >= 4 is 27.7 Å². The Morgan fingerprint density at radius 1 is 1.29 bits per heavy atom. The van der Waals surface area contributed by atoms with E-state index in [1.165, 1.54) is 4.90 Å². The Morgan fingerprint density at radius 3 is 2.54 bits per heavy atom. The fraction of sp³-hybridized carbons (Fsp3) is 0.467. The predicted molar refractivity (Wildman–Crippen MR) is 88.8 cm³/mol. The van der Waals surface area contributed by atoms with Crippen LogP contribution >= 0.6 is 0 Å². The van der Waals surface area contributed by atoms with Crippen molar-refractivity contribution in [3.05, 3.63) is 24.3 Å². The largest absolute Gasteiger partial charge is 0.479 e. The van der Waals surface area contributed by atoms with E-state index < -0.39 is 40.2 Å². The molecule has 0 saturated carbocycles. The highest BCUT2D eigenvalue weighted by Crippen LogP contribution is 2.33. The lowest BCUT2D eigenvalue weighted by Gasteiger charge is -2.32. The van der Waals surface area contributed by atoms with E-state index >= 15 is 0 Å². The summed E-state index contributed by atoms with van der Waals surface area (Å²) >= 11 is 0. The molecule has 0 radical (unpaired) electrons. The number of hydrogen-bond donors (Lipinski definition) is 2. The summed E-state index contributed by atoms with van der Waals surface area (Å²) in [6.45, 7) is 6.11. The van der Waals surface area contributed by atoms with E-state index in [1.54, 1.807) is 52.0 Å². The number of nitrogens with zero attached hydrogens (tertiary/aromatic N) is 1. The van der Waals surface area contributed by atoms with Crippen molar-refractivity contribution in [2.75, 3.05) is 11.4 Å². The van der Waals surface area contributed by atoms with Gasteiger partial charge in [0.05, 0.1) is 5.69 Å². The summed E-state index contributed by atoms with van der Waals surface area (Å²) in [5.41, 5.74) is -0.306. The number of hydrogen-bond acceptors (Lipinski definition) is 5. The van der Waals surface area contributed by atoms with E-state index in [-0.39, 0.29) is 0 Å². The highest BCUT2D eigenvalue weighted by molar-refractivity contribution is 7.88. The first-order valence-corrected chi connectivity index (χ1v) is 8.88. The Hall–Kier alpha value is -2.13. The second-order valence-electron chi connectivity index (χ2n) is 6.53. The fourth-order valence-electron chi connectivity index (χ4n) is 2.28. The number of nitrogens with one attached hydrogen (secondary N) is 2. The molecule has 0 saturated heterocycles. The summed E-state index contributed by atoms with van der Waals surface area (Å²) in [5, 5.41) is 0. The van der Waals surface area contributed by atoms with E-state index in [9.17, 15) is 18.0 Å². The van der Waals surface area contributed by atoms with Gasteiger partial charge in [-0.25, -0.2) is 4.72 Å². The minimum absolute atomic E-state index is 0.412. The second kappa shape index (κ2) is 6.40. The van der Waals surface area contributed by atoms with Gasteiger partial charge in [-0.2, -0.15) is 13.1 Å². The van der Waals surface area contributed by atoms with Crippen LogP contribution in [0.5, 0.6) is 5.75 Å². The van der Waals surface area contributed by atoms with Crippen LogP contribution in [0.2, 0.25) is 0 Å². The summed E-state index contributed by atoms with van der Waals surface area (Å²) < 4.78 is 33.5. The molecule has 132 valence electrons. The van der Waals surface area contributed by atoms with Gasteiger partial charge in [0.25, 0.3) is 11.8 Å². The number of amides is 2. The third kappa shape index (κ3) is 4.45. The van der Waals surface area contributed by atoms with Crippen molar-refractivity contribution in [1.82, 2.24) is 9.44 Å². The molecule has 1 heterocycles. The lowest BCUT2D eigenvalue weighted by Crippen LogP contribution is -2.53. The predicted octanol–water partition coefficient (Wildman–Crippen LogP) is 0.550. The van der Waals surface area contributed by atoms with Crippen molar-refractivity contribution in [3.63, 3.8) is 0 Å². The van der Waals surface area contributed by atoms with Crippen molar-refractivity contribution in [2.45, 2.75) is 39.3 Å². The first-order chi connectivity index (χ1) is 11.0. The zero-order chi connectivity index (χ0) is 18.1. The van der Waals surface area contributed by atoms with Crippen LogP contribution in [0.3, 0.4) is 0 Å². The van der Waals surface area contributed by atoms with Crippen LogP contribution in [0.1, 0.15) is 27.7 Å². The molecule has 1 aliphatic rings. The van der Waals surface area contributed by atoms with Crippen molar-refractivity contribution < 1.29 is 22.7 Å². The molecule has 0 aliphatic carbocycles. The standard InChI is InChI=1S/C15H21N3O5S/c1-10-14(20)18(11-7-5-6-8-12(11)23-10)9-13(19)16-24(21,22)17-15(2,3)4/h5-8,10,17H,9H2,1-4H3,(H,16,19). The number of para-hydroxylation sites is 2. The molecule has 1 aromatic carbocycles. The van der Waals surface area contributed by atoms with Gasteiger partial charge in [0.1, 0.15) is 12.3 Å². The molecule has 1 atom stereocenters. The van der Waals surface area contributed by atoms with Crippen molar-refractivity contribution in [1.29, 1.82) is 0 Å². The summed E-state index contributed by atoms with van der Waals surface area (Å²) in [4.78, 5) is 25.6. The molecule has 24 heavy (non-hydrogen) atoms. The maximum atomic E-state index is 12.3. The molecule has 0 aromatic heterocycles. The Labute approximate surface area is 141 Å². The van der Waals surface area contributed by atoms with E-state index in [2.05, 4.69) is 4.72 Å². The van der Waals surface area contributed by atoms with E-state index in [4.69, 9.17) is 4.74 Å². The summed E-state index contributed by atoms with van der Waals surface area (Å²) in [7, 11) is -4.02. The second-order valence-corrected chi connectivity index (χ2v) is 7.95. The van der Waals surface area contributed by atoms with Gasteiger partial charge in [-0.1, -0.05) is 12.1 Å². The van der Waals surface area contributed by atoms with Crippen LogP contribution in [0.4, 0.5) is 5.69 Å². The molecule has 1 unspecified atom stereocenters. The molecule has 2 N–H and O–H groups in total. The normalized spacial score (nSPS) is 17.9. The molecule has 8 nitrogen and oxygen atoms in total. The molecule has 1 aromatic rings. The average molecular weight is 355 g/mol. The number of ether oxygens (including phenoxy) is 1. The van der Waals surface area contributed by atoms with Crippen LogP contribution in [-0.2, 0) is 19.8 Å². The molecule has 0 fully saturated rings. The zero-order valence-corrected chi connectivity index (χ0v) is 14.8. The Balaban J connectivity index is 2.15. The zero-order valence-electron chi connectivity index (χ0n) is 14.0. The van der Waals surface area contributed by atoms with Crippen LogP contribution in [0, 0.1) is 0 Å². The summed E-state index contributed by atoms with van der Waals surface area (Å²) in [6.07, 6.45) is -0.753. The van der Waals surface area contributed by atoms with Crippen molar-refractivity contribution in [3.8, 4) is 5.75 Å². The number of fused-ring (bicyclic) bond motifs is 1. The maximum Gasteiger partial charge on any atom is 0.301 e. The lowest BCUT2D eigenvalue weighted by atomic mass is 10.1. The Morgan fingerprint density at radius 2 is 1.92 bits per heavy atom. The molecule has 0 spiro atoms. The van der Waals surface area contributed by atoms with Gasteiger partial charge in [-0.3, -0.25) is 14.5 Å². The number of benzene rings is 1. The lowest BCUT2D eigenvalue weighted by molar-refractivity contribution is -0.127. The smallest absolute Gasteiger partial charge is 0.301 e. The molecule has 0 bridgehead atoms. The van der Waals surface area contributed by atoms with Gasteiger partial charge in [0.2, 0.25) is 0 Å². The van der Waals surface area contributed by atoms with Gasteiger partial charge >= 0.3 is 10.2 Å². The van der Waals surface area contributed by atoms with Crippen molar-refractivity contribution in [2.24, 2.45) is 0 Å². The molecular formula is C15H21N3O5S. The van der Waals surface area contributed by atoms with Gasteiger partial charge in [0.15, 0.2) is 6.10 Å². The van der Waals surface area contributed by atoms with Gasteiger partial charge in [-0.15, -0.1) is 0 Å². The summed E-state index contributed by atoms with van der Waals surface area (Å²) in [6, 6.07) is 6.76. The minimum atomic E-state index is -4.02. The molecule has 9 heteroatoms. The van der Waals surface area contributed by atoms with Gasteiger partial charge in [0, 0.05) is 5.54 Å². The highest BCUT2D eigenvalue weighted by atomic mass is 32.2. The van der Waals surface area contributed by atoms with Crippen LogP contribution in [0.25, 0.3) is 0 Å². The summed E-state index contributed by atoms with van der Waals surface area (Å²) in [5.74, 6) is -0.762. The molecule has 1 aliphatic heterocycles. The third-order valence-electron chi connectivity index (χ3n) is 3.06. The van der Waals surface area contributed by atoms with Crippen LogP contribution in [0.15, 0.2) is 24.3 Å². The third-order valence-corrected chi connectivity index (χ3v) is 4.44. The van der Waals surface area contributed by atoms with Gasteiger partial charge in [-0.05, 0) is 39.8 Å². The monoisotopic (exact) mass is 355 g/mol. The van der Waals surface area contributed by atoms with Crippen LogP contribution < -0.4 is 19.1 Å². The van der Waals surface area contributed by atoms with E-state index in [0.717, 1.165) is 0 Å². The number of carbonyl (C=O) groups is 2. The maximum absolute atomic E-state index is 12.3. The van der Waals surface area contributed by atoms with E-state index in [1.807, 2.05) is 4.72 Å². The topological polar surface area (TPSA) is 105 Å². The Kier molecular flexibility index (Phi) is 4.86. The fourth-order valence-corrected chi connectivity index (χ4v) is 3.50. The van der Waals surface area contributed by atoms with E-state index in [0.29, 0.717) is 11.4 Å². The quantitative estimate of drug-likeness (QED) is 0.821. The number of rotatable bonds is 4. The SMILES string of the molecule is CC1Oc2ccccc2N(CC(=O)NS(=O)(=O)NC(C)(C)C)C1=O. The Bertz CT molecular complexity index is 755. The first-order valence-electron chi connectivity index (χ1n) is 7.40. The number of anilines is 1.